The molecule has 0 bridgehead atoms. The molecule has 0 aromatic carbocycles. The van der Waals surface area contributed by atoms with E-state index in [1.54, 1.807) is 18.6 Å². The van der Waals surface area contributed by atoms with Crippen LogP contribution in [0.2, 0.25) is 0 Å². The van der Waals surface area contributed by atoms with Crippen LogP contribution in [0.3, 0.4) is 0 Å². The minimum Gasteiger partial charge on any atom is -0.374 e. The van der Waals surface area contributed by atoms with Crippen molar-refractivity contribution in [2.24, 2.45) is 5.92 Å². The Labute approximate surface area is 150 Å². The fourth-order valence-corrected chi connectivity index (χ4v) is 3.43. The zero-order valence-electron chi connectivity index (χ0n) is 14.4. The zero-order valence-corrected chi connectivity index (χ0v) is 14.4. The van der Waals surface area contributed by atoms with Gasteiger partial charge in [-0.25, -0.2) is 9.97 Å². The maximum atomic E-state index is 12.9. The Balaban J connectivity index is 1.66. The average molecular weight is 369 g/mol. The first kappa shape index (κ1) is 18.5. The van der Waals surface area contributed by atoms with Crippen molar-refractivity contribution >= 4 is 17.9 Å². The van der Waals surface area contributed by atoms with Crippen LogP contribution in [-0.2, 0) is 4.79 Å². The summed E-state index contributed by atoms with van der Waals surface area (Å²) in [6.07, 6.45) is 3.23. The lowest BCUT2D eigenvalue weighted by Gasteiger charge is -2.38. The largest absolute Gasteiger partial charge is 0.391 e. The Hall–Kier alpha value is -2.32. The van der Waals surface area contributed by atoms with E-state index in [1.807, 2.05) is 4.90 Å². The maximum Gasteiger partial charge on any atom is 0.391 e. The van der Waals surface area contributed by atoms with Gasteiger partial charge in [0.1, 0.15) is 6.29 Å². The predicted octanol–water partition coefficient (Wildman–Crippen LogP) is 2.09. The van der Waals surface area contributed by atoms with Gasteiger partial charge >= 0.3 is 6.18 Å². The van der Waals surface area contributed by atoms with E-state index in [0.29, 0.717) is 32.0 Å². The van der Waals surface area contributed by atoms with E-state index < -0.39 is 12.1 Å². The minimum absolute atomic E-state index is 0.0871. The minimum atomic E-state index is -4.12. The number of carbonyl (C=O) groups excluding carboxylic acids is 1. The van der Waals surface area contributed by atoms with Crippen LogP contribution >= 0.6 is 0 Å². The summed E-state index contributed by atoms with van der Waals surface area (Å²) in [5.41, 5.74) is 0. The Kier molecular flexibility index (Phi) is 5.63. The van der Waals surface area contributed by atoms with Gasteiger partial charge in [0, 0.05) is 57.9 Å². The summed E-state index contributed by atoms with van der Waals surface area (Å²) in [5, 5.41) is 0. The second-order valence-electron chi connectivity index (χ2n) is 6.51. The molecule has 2 fully saturated rings. The normalized spacial score (nSPS) is 20.0. The molecule has 0 spiro atoms. The monoisotopic (exact) mass is 369 g/mol. The predicted molar refractivity (Wildman–Crippen MR) is 92.0 cm³/mol. The van der Waals surface area contributed by atoms with Crippen molar-refractivity contribution in [3.05, 3.63) is 24.7 Å². The SMILES string of the molecule is O=CC=CN1CCN(c2nccnc2N2CCC(C(F)(F)F)CC2)CC1. The highest BCUT2D eigenvalue weighted by molar-refractivity contribution is 5.64. The molecule has 9 heteroatoms. The summed E-state index contributed by atoms with van der Waals surface area (Å²) in [7, 11) is 0. The van der Waals surface area contributed by atoms with Crippen molar-refractivity contribution in [1.82, 2.24) is 14.9 Å². The lowest BCUT2D eigenvalue weighted by Crippen LogP contribution is -2.46. The van der Waals surface area contributed by atoms with Gasteiger partial charge in [0.2, 0.25) is 0 Å². The lowest BCUT2D eigenvalue weighted by molar-refractivity contribution is -0.179. The molecule has 0 amide bonds. The number of nitrogens with zero attached hydrogens (tertiary/aromatic N) is 5. The van der Waals surface area contributed by atoms with Crippen LogP contribution in [0.1, 0.15) is 12.8 Å². The molecule has 2 aliphatic heterocycles. The van der Waals surface area contributed by atoms with E-state index in [2.05, 4.69) is 19.8 Å². The highest BCUT2D eigenvalue weighted by Gasteiger charge is 2.41. The third kappa shape index (κ3) is 4.25. The topological polar surface area (TPSA) is 52.6 Å². The molecule has 6 nitrogen and oxygen atoms in total. The van der Waals surface area contributed by atoms with Crippen molar-refractivity contribution in [3.63, 3.8) is 0 Å². The molecule has 0 atom stereocenters. The van der Waals surface area contributed by atoms with Gasteiger partial charge in [0.25, 0.3) is 0 Å². The van der Waals surface area contributed by atoms with Crippen LogP contribution in [0.5, 0.6) is 0 Å². The third-order valence-electron chi connectivity index (χ3n) is 4.91. The molecule has 0 unspecified atom stereocenters. The molecular formula is C17H22F3N5O. The van der Waals surface area contributed by atoms with Crippen molar-refractivity contribution in [3.8, 4) is 0 Å². The average Bonchev–Trinajstić information content (AvgIpc) is 2.66. The van der Waals surface area contributed by atoms with E-state index >= 15 is 0 Å². The van der Waals surface area contributed by atoms with Crippen LogP contribution < -0.4 is 9.80 Å². The molecule has 0 aliphatic carbocycles. The number of hydrogen-bond acceptors (Lipinski definition) is 6. The van der Waals surface area contributed by atoms with Crippen LogP contribution in [0.25, 0.3) is 0 Å². The van der Waals surface area contributed by atoms with Crippen LogP contribution in [0, 0.1) is 5.92 Å². The van der Waals surface area contributed by atoms with Gasteiger partial charge < -0.3 is 14.7 Å². The molecule has 142 valence electrons. The van der Waals surface area contributed by atoms with Gasteiger partial charge in [0.15, 0.2) is 11.6 Å². The molecule has 0 saturated carbocycles. The number of alkyl halides is 3. The summed E-state index contributed by atoms with van der Waals surface area (Å²) in [6, 6.07) is 0. The Morgan fingerprint density at radius 3 is 1.96 bits per heavy atom. The molecule has 1 aromatic rings. The zero-order chi connectivity index (χ0) is 18.6. The number of rotatable bonds is 4. The number of hydrogen-bond donors (Lipinski definition) is 0. The number of piperidine rings is 1. The van der Waals surface area contributed by atoms with Gasteiger partial charge in [-0.05, 0) is 18.9 Å². The molecule has 3 rings (SSSR count). The molecule has 0 radical (unpaired) electrons. The lowest BCUT2D eigenvalue weighted by atomic mass is 9.96. The Morgan fingerprint density at radius 1 is 0.923 bits per heavy atom. The van der Waals surface area contributed by atoms with Crippen LogP contribution in [0.4, 0.5) is 24.8 Å². The summed E-state index contributed by atoms with van der Waals surface area (Å²) >= 11 is 0. The van der Waals surface area contributed by atoms with E-state index in [0.717, 1.165) is 25.2 Å². The molecule has 3 heterocycles. The number of halogens is 3. The third-order valence-corrected chi connectivity index (χ3v) is 4.91. The van der Waals surface area contributed by atoms with Crippen molar-refractivity contribution in [2.45, 2.75) is 19.0 Å². The van der Waals surface area contributed by atoms with Gasteiger partial charge in [-0.15, -0.1) is 0 Å². The molecule has 0 N–H and O–H groups in total. The number of aromatic nitrogens is 2. The Bertz CT molecular complexity index is 636. The number of allylic oxidation sites excluding steroid dienone is 1. The summed E-state index contributed by atoms with van der Waals surface area (Å²) < 4.78 is 38.6. The van der Waals surface area contributed by atoms with Crippen LogP contribution in [-0.4, -0.2) is 66.6 Å². The smallest absolute Gasteiger partial charge is 0.374 e. The number of aldehydes is 1. The highest BCUT2D eigenvalue weighted by atomic mass is 19.4. The van der Waals surface area contributed by atoms with Gasteiger partial charge in [0.05, 0.1) is 5.92 Å². The number of carbonyl (C=O) groups is 1. The molecule has 2 aliphatic rings. The Morgan fingerprint density at radius 2 is 1.46 bits per heavy atom. The summed E-state index contributed by atoms with van der Waals surface area (Å²) in [5.74, 6) is 0.147. The van der Waals surface area contributed by atoms with E-state index in [1.165, 1.54) is 6.08 Å². The van der Waals surface area contributed by atoms with E-state index in [9.17, 15) is 18.0 Å². The summed E-state index contributed by atoms with van der Waals surface area (Å²) in [4.78, 5) is 25.3. The second kappa shape index (κ2) is 7.92. The first-order valence-corrected chi connectivity index (χ1v) is 8.72. The standard InChI is InChI=1S/C17H22F3N5O/c18-17(19,20)14-2-7-24(8-3-14)15-16(22-5-4-21-15)25-11-9-23(10-12-25)6-1-13-26/h1,4-6,13-14H,2-3,7-12H2. The van der Waals surface area contributed by atoms with Crippen LogP contribution in [0.15, 0.2) is 24.7 Å². The molecule has 2 saturated heterocycles. The first-order chi connectivity index (χ1) is 12.5. The fourth-order valence-electron chi connectivity index (χ4n) is 3.43. The maximum absolute atomic E-state index is 12.9. The van der Waals surface area contributed by atoms with Crippen molar-refractivity contribution in [1.29, 1.82) is 0 Å². The molecule has 1 aromatic heterocycles. The number of anilines is 2. The van der Waals surface area contributed by atoms with Gasteiger partial charge in [-0.1, -0.05) is 0 Å². The van der Waals surface area contributed by atoms with Gasteiger partial charge in [-0.3, -0.25) is 4.79 Å². The van der Waals surface area contributed by atoms with Crippen molar-refractivity contribution < 1.29 is 18.0 Å². The fraction of sp³-hybridized carbons (Fsp3) is 0.588. The first-order valence-electron chi connectivity index (χ1n) is 8.72. The molecule has 26 heavy (non-hydrogen) atoms. The molecular weight excluding hydrogens is 347 g/mol. The van der Waals surface area contributed by atoms with E-state index in [-0.39, 0.29) is 12.8 Å². The number of piperazine rings is 1. The highest BCUT2D eigenvalue weighted by Crippen LogP contribution is 2.36. The second-order valence-corrected chi connectivity index (χ2v) is 6.51. The quantitative estimate of drug-likeness (QED) is 0.598. The van der Waals surface area contributed by atoms with E-state index in [4.69, 9.17) is 0 Å². The van der Waals surface area contributed by atoms with Gasteiger partial charge in [-0.2, -0.15) is 13.2 Å². The summed E-state index contributed by atoms with van der Waals surface area (Å²) in [6.45, 7) is 3.59. The van der Waals surface area contributed by atoms with Crippen molar-refractivity contribution in [2.75, 3.05) is 49.1 Å².